The minimum atomic E-state index is -0.0933. The van der Waals surface area contributed by atoms with Gasteiger partial charge in [-0.2, -0.15) is 0 Å². The molecule has 0 amide bonds. The van der Waals surface area contributed by atoms with Crippen LogP contribution in [0.3, 0.4) is 0 Å². The second-order valence-corrected chi connectivity index (χ2v) is 5.26. The minimum absolute atomic E-state index is 0.0933. The van der Waals surface area contributed by atoms with E-state index in [1.165, 1.54) is 8.86 Å². The molecule has 0 saturated heterocycles. The first-order chi connectivity index (χ1) is 3.41. The third-order valence-corrected chi connectivity index (χ3v) is 5.49. The fourth-order valence-corrected chi connectivity index (χ4v) is 3.25. The zero-order valence-electron chi connectivity index (χ0n) is 3.96. The van der Waals surface area contributed by atoms with Crippen molar-refractivity contribution in [3.63, 3.8) is 0 Å². The van der Waals surface area contributed by atoms with Crippen molar-refractivity contribution in [3.05, 3.63) is 0 Å². The molecular formula is C4H8FI2-. The van der Waals surface area contributed by atoms with Crippen molar-refractivity contribution in [2.45, 2.75) is 0 Å². The molecule has 0 atom stereocenters. The first kappa shape index (κ1) is 8.39. The van der Waals surface area contributed by atoms with E-state index in [1.807, 2.05) is 0 Å². The van der Waals surface area contributed by atoms with Gasteiger partial charge in [-0.05, 0) is 0 Å². The van der Waals surface area contributed by atoms with Crippen LogP contribution in [-0.4, -0.2) is 20.0 Å². The molecule has 0 spiro atoms. The molecule has 3 heteroatoms. The molecule has 0 aromatic heterocycles. The molecule has 0 aliphatic carbocycles. The molecule has 0 aromatic carbocycles. The van der Waals surface area contributed by atoms with Crippen LogP contribution in [0.15, 0.2) is 0 Å². The van der Waals surface area contributed by atoms with Gasteiger partial charge < -0.3 is 0 Å². The van der Waals surface area contributed by atoms with Crippen molar-refractivity contribution in [3.8, 4) is 0 Å². The van der Waals surface area contributed by atoms with Crippen LogP contribution in [0.4, 0.5) is 4.39 Å². The van der Waals surface area contributed by atoms with Gasteiger partial charge in [-0.25, -0.2) is 0 Å². The number of halogens is 3. The molecule has 0 rings (SSSR count). The summed E-state index contributed by atoms with van der Waals surface area (Å²) in [6, 6.07) is 0. The molecular weight excluding hydrogens is 321 g/mol. The van der Waals surface area contributed by atoms with E-state index in [0.29, 0.717) is 0 Å². The molecule has 0 heterocycles. The summed E-state index contributed by atoms with van der Waals surface area (Å²) in [6.45, 7) is -0.0933. The molecule has 0 nitrogen and oxygen atoms in total. The molecule has 0 aliphatic rings. The van der Waals surface area contributed by atoms with Gasteiger partial charge in [-0.3, -0.25) is 0 Å². The monoisotopic (exact) mass is 329 g/mol. The summed E-state index contributed by atoms with van der Waals surface area (Å²) in [6.07, 6.45) is 0. The van der Waals surface area contributed by atoms with E-state index in [4.69, 9.17) is 0 Å². The zero-order chi connectivity index (χ0) is 5.54. The van der Waals surface area contributed by atoms with Crippen LogP contribution in [0, 0.1) is 0 Å². The first-order valence-electron chi connectivity index (χ1n) is 2.07. The maximum atomic E-state index is 11.3. The van der Waals surface area contributed by atoms with Gasteiger partial charge in [0.15, 0.2) is 0 Å². The molecule has 0 radical (unpaired) electrons. The second kappa shape index (κ2) is 7.39. The van der Waals surface area contributed by atoms with E-state index >= 15 is 0 Å². The van der Waals surface area contributed by atoms with Gasteiger partial charge in [-0.1, -0.05) is 0 Å². The van der Waals surface area contributed by atoms with Crippen LogP contribution >= 0.6 is 22.6 Å². The Hall–Kier alpha value is 1.39. The van der Waals surface area contributed by atoms with Crippen molar-refractivity contribution in [2.24, 2.45) is 0 Å². The summed E-state index contributed by atoms with van der Waals surface area (Å²) in [5.74, 6) is 0. The maximum absolute atomic E-state index is 11.3. The summed E-state index contributed by atoms with van der Waals surface area (Å²) in [4.78, 5) is 0. The molecule has 0 bridgehead atoms. The van der Waals surface area contributed by atoms with Crippen LogP contribution in [0.25, 0.3) is 0 Å². The van der Waals surface area contributed by atoms with Crippen LogP contribution in [0.2, 0.25) is 0 Å². The van der Waals surface area contributed by atoms with E-state index in [2.05, 4.69) is 22.6 Å². The topological polar surface area (TPSA) is 0 Å². The Kier molecular flexibility index (Phi) is 8.86. The molecule has 0 N–H and O–H groups in total. The van der Waals surface area contributed by atoms with Crippen LogP contribution < -0.4 is 21.2 Å². The third kappa shape index (κ3) is 7.39. The van der Waals surface area contributed by atoms with Gasteiger partial charge in [0.2, 0.25) is 0 Å². The molecule has 0 saturated carbocycles. The molecule has 0 unspecified atom stereocenters. The van der Waals surface area contributed by atoms with Gasteiger partial charge >= 0.3 is 68.1 Å². The van der Waals surface area contributed by atoms with Crippen LogP contribution in [-0.2, 0) is 0 Å². The third-order valence-electron chi connectivity index (χ3n) is 0.410. The van der Waals surface area contributed by atoms with Gasteiger partial charge in [0.1, 0.15) is 0 Å². The second-order valence-electron chi connectivity index (χ2n) is 0.945. The molecule has 0 fully saturated rings. The molecule has 7 heavy (non-hydrogen) atoms. The SMILES string of the molecule is FCC[I-]CCI. The average Bonchev–Trinajstić information content (AvgIpc) is 1.69. The molecule has 0 aromatic rings. The van der Waals surface area contributed by atoms with E-state index in [1.54, 1.807) is 0 Å². The number of hydrogen-bond acceptors (Lipinski definition) is 0. The summed E-state index contributed by atoms with van der Waals surface area (Å²) in [5, 5.41) is 0. The summed E-state index contributed by atoms with van der Waals surface area (Å²) in [5.41, 5.74) is 0. The number of alkyl halides is 4. The Labute approximate surface area is 67.6 Å². The zero-order valence-corrected chi connectivity index (χ0v) is 8.28. The van der Waals surface area contributed by atoms with E-state index in [-0.39, 0.29) is 27.9 Å². The Bertz CT molecular complexity index is 28.9. The first-order valence-corrected chi connectivity index (χ1v) is 6.65. The predicted octanol–water partition coefficient (Wildman–Crippen LogP) is -1.52. The number of hydrogen-bond donors (Lipinski definition) is 0. The summed E-state index contributed by atoms with van der Waals surface area (Å²) in [7, 11) is 0. The van der Waals surface area contributed by atoms with Crippen molar-refractivity contribution in [1.29, 1.82) is 0 Å². The quantitative estimate of drug-likeness (QED) is 0.334. The van der Waals surface area contributed by atoms with Crippen molar-refractivity contribution >= 4 is 22.6 Å². The van der Waals surface area contributed by atoms with Crippen LogP contribution in [0.1, 0.15) is 0 Å². The Morgan fingerprint density at radius 3 is 2.57 bits per heavy atom. The molecule has 46 valence electrons. The normalized spacial score (nSPS) is 10.0. The van der Waals surface area contributed by atoms with Gasteiger partial charge in [0, 0.05) is 0 Å². The van der Waals surface area contributed by atoms with E-state index in [0.717, 1.165) is 4.43 Å². The Balaban J connectivity index is 2.45. The fourth-order valence-electron chi connectivity index (χ4n) is 0.196. The number of rotatable bonds is 4. The van der Waals surface area contributed by atoms with Gasteiger partial charge in [0.05, 0.1) is 0 Å². The van der Waals surface area contributed by atoms with Gasteiger partial charge in [0.25, 0.3) is 0 Å². The van der Waals surface area contributed by atoms with Crippen LogP contribution in [0.5, 0.6) is 0 Å². The Morgan fingerprint density at radius 2 is 2.14 bits per heavy atom. The molecule has 0 aliphatic heterocycles. The van der Waals surface area contributed by atoms with Crippen molar-refractivity contribution in [1.82, 2.24) is 0 Å². The Morgan fingerprint density at radius 1 is 1.43 bits per heavy atom. The summed E-state index contributed by atoms with van der Waals surface area (Å²) >= 11 is 2.57. The fraction of sp³-hybridized carbons (Fsp3) is 1.00. The van der Waals surface area contributed by atoms with Crippen molar-refractivity contribution < 1.29 is 25.6 Å². The van der Waals surface area contributed by atoms with Gasteiger partial charge in [-0.15, -0.1) is 0 Å². The van der Waals surface area contributed by atoms with E-state index < -0.39 is 0 Å². The standard InChI is InChI=1S/C4H8FI2/c5-1-3-7-4-2-6/h1-4H2/q-1. The average molecular weight is 329 g/mol. The summed E-state index contributed by atoms with van der Waals surface area (Å²) < 4.78 is 14.7. The van der Waals surface area contributed by atoms with E-state index in [9.17, 15) is 4.39 Å². The van der Waals surface area contributed by atoms with Crippen molar-refractivity contribution in [2.75, 3.05) is 20.0 Å². The predicted molar refractivity (Wildman–Crippen MR) is 34.6 cm³/mol.